The second-order valence-corrected chi connectivity index (χ2v) is 6.58. The highest BCUT2D eigenvalue weighted by Crippen LogP contribution is 2.26. The highest BCUT2D eigenvalue weighted by Gasteiger charge is 2.15. The third kappa shape index (κ3) is 3.43. The Bertz CT molecular complexity index is 733. The van der Waals surface area contributed by atoms with Crippen LogP contribution >= 0.6 is 23.2 Å². The summed E-state index contributed by atoms with van der Waals surface area (Å²) < 4.78 is 26.9. The third-order valence-corrected chi connectivity index (χ3v) is 4.73. The van der Waals surface area contributed by atoms with E-state index in [1.165, 1.54) is 24.3 Å². The first-order valence-corrected chi connectivity index (χ1v) is 7.93. The van der Waals surface area contributed by atoms with Crippen molar-refractivity contribution in [1.82, 2.24) is 0 Å². The van der Waals surface area contributed by atoms with Crippen molar-refractivity contribution in [2.24, 2.45) is 5.73 Å². The summed E-state index contributed by atoms with van der Waals surface area (Å²) in [6.45, 7) is 0.274. The van der Waals surface area contributed by atoms with Crippen LogP contribution in [-0.4, -0.2) is 8.42 Å². The third-order valence-electron chi connectivity index (χ3n) is 2.62. The van der Waals surface area contributed by atoms with Gasteiger partial charge in [0.2, 0.25) is 0 Å². The van der Waals surface area contributed by atoms with Gasteiger partial charge in [-0.05, 0) is 35.9 Å². The Morgan fingerprint density at radius 2 is 1.80 bits per heavy atom. The van der Waals surface area contributed by atoms with Crippen molar-refractivity contribution in [3.8, 4) is 0 Å². The predicted octanol–water partition coefficient (Wildman–Crippen LogP) is 3.25. The van der Waals surface area contributed by atoms with Crippen LogP contribution in [0.1, 0.15) is 5.56 Å². The van der Waals surface area contributed by atoms with E-state index in [1.807, 2.05) is 0 Å². The maximum Gasteiger partial charge on any atom is 0.261 e. The van der Waals surface area contributed by atoms with Crippen LogP contribution in [0.15, 0.2) is 47.4 Å². The molecule has 2 aromatic rings. The van der Waals surface area contributed by atoms with E-state index >= 15 is 0 Å². The van der Waals surface area contributed by atoms with Gasteiger partial charge in [0.1, 0.15) is 0 Å². The smallest absolute Gasteiger partial charge is 0.261 e. The molecule has 0 aliphatic rings. The molecule has 0 unspecified atom stereocenters. The fourth-order valence-electron chi connectivity index (χ4n) is 1.61. The van der Waals surface area contributed by atoms with Crippen molar-refractivity contribution in [3.63, 3.8) is 0 Å². The Morgan fingerprint density at radius 1 is 1.05 bits per heavy atom. The number of sulfonamides is 1. The molecule has 0 fully saturated rings. The van der Waals surface area contributed by atoms with E-state index in [1.54, 1.807) is 18.2 Å². The fourth-order valence-corrected chi connectivity index (χ4v) is 3.03. The SMILES string of the molecule is NCc1cccc(S(=O)(=O)Nc2ccc(Cl)c(Cl)c2)c1. The Kier molecular flexibility index (Phi) is 4.55. The van der Waals surface area contributed by atoms with Gasteiger partial charge in [-0.25, -0.2) is 8.42 Å². The molecule has 0 saturated carbocycles. The minimum Gasteiger partial charge on any atom is -0.326 e. The van der Waals surface area contributed by atoms with Crippen LogP contribution in [0.25, 0.3) is 0 Å². The van der Waals surface area contributed by atoms with Crippen molar-refractivity contribution >= 4 is 38.9 Å². The highest BCUT2D eigenvalue weighted by molar-refractivity contribution is 7.92. The standard InChI is InChI=1S/C13H12Cl2N2O2S/c14-12-5-4-10(7-13(12)15)17-20(18,19)11-3-1-2-9(6-11)8-16/h1-7,17H,8,16H2. The molecule has 3 N–H and O–H groups in total. The molecule has 0 aromatic heterocycles. The molecule has 0 radical (unpaired) electrons. The van der Waals surface area contributed by atoms with Crippen molar-refractivity contribution in [3.05, 3.63) is 58.1 Å². The maximum atomic E-state index is 12.2. The summed E-state index contributed by atoms with van der Waals surface area (Å²) in [6, 6.07) is 11.0. The molecule has 0 aliphatic carbocycles. The van der Waals surface area contributed by atoms with E-state index in [-0.39, 0.29) is 16.5 Å². The number of rotatable bonds is 4. The lowest BCUT2D eigenvalue weighted by Crippen LogP contribution is -2.13. The molecule has 0 atom stereocenters. The van der Waals surface area contributed by atoms with E-state index in [4.69, 9.17) is 28.9 Å². The molecule has 2 rings (SSSR count). The van der Waals surface area contributed by atoms with Gasteiger partial charge in [-0.15, -0.1) is 0 Å². The topological polar surface area (TPSA) is 72.2 Å². The predicted molar refractivity (Wildman–Crippen MR) is 81.6 cm³/mol. The van der Waals surface area contributed by atoms with Crippen LogP contribution in [0, 0.1) is 0 Å². The number of nitrogens with two attached hydrogens (primary N) is 1. The van der Waals surface area contributed by atoms with Crippen LogP contribution in [0.2, 0.25) is 10.0 Å². The molecule has 0 spiro atoms. The number of halogens is 2. The summed E-state index contributed by atoms with van der Waals surface area (Å²) >= 11 is 11.6. The van der Waals surface area contributed by atoms with Gasteiger partial charge in [0.05, 0.1) is 20.6 Å². The van der Waals surface area contributed by atoms with Crippen LogP contribution in [0.3, 0.4) is 0 Å². The molecule has 7 heteroatoms. The number of nitrogens with one attached hydrogen (secondary N) is 1. The first-order chi connectivity index (χ1) is 9.42. The minimum atomic E-state index is -3.68. The lowest BCUT2D eigenvalue weighted by Gasteiger charge is -2.09. The van der Waals surface area contributed by atoms with Crippen molar-refractivity contribution in [2.45, 2.75) is 11.4 Å². The van der Waals surface area contributed by atoms with Crippen LogP contribution < -0.4 is 10.5 Å². The molecular weight excluding hydrogens is 319 g/mol. The second kappa shape index (κ2) is 6.01. The van der Waals surface area contributed by atoms with Crippen molar-refractivity contribution in [2.75, 3.05) is 4.72 Å². The molecule has 0 heterocycles. The lowest BCUT2D eigenvalue weighted by molar-refractivity contribution is 0.601. The van der Waals surface area contributed by atoms with E-state index in [2.05, 4.69) is 4.72 Å². The maximum absolute atomic E-state index is 12.2. The van der Waals surface area contributed by atoms with Gasteiger partial charge < -0.3 is 5.73 Å². The zero-order valence-electron chi connectivity index (χ0n) is 10.3. The molecular formula is C13H12Cl2N2O2S. The molecule has 0 bridgehead atoms. The Balaban J connectivity index is 2.32. The number of benzene rings is 2. The molecule has 0 saturated heterocycles. The van der Waals surface area contributed by atoms with E-state index in [9.17, 15) is 8.42 Å². The Morgan fingerprint density at radius 3 is 2.45 bits per heavy atom. The number of hydrogen-bond donors (Lipinski definition) is 2. The van der Waals surface area contributed by atoms with E-state index < -0.39 is 10.0 Å². The molecule has 20 heavy (non-hydrogen) atoms. The van der Waals surface area contributed by atoms with Crippen molar-refractivity contribution in [1.29, 1.82) is 0 Å². The van der Waals surface area contributed by atoms with Gasteiger partial charge in [0, 0.05) is 6.54 Å². The van der Waals surface area contributed by atoms with Gasteiger partial charge in [0.25, 0.3) is 10.0 Å². The first kappa shape index (κ1) is 15.1. The summed E-state index contributed by atoms with van der Waals surface area (Å²) in [4.78, 5) is 0.145. The molecule has 2 aromatic carbocycles. The van der Waals surface area contributed by atoms with Crippen molar-refractivity contribution < 1.29 is 8.42 Å². The van der Waals surface area contributed by atoms with Gasteiger partial charge in [0.15, 0.2) is 0 Å². The Hall–Kier alpha value is -1.27. The van der Waals surface area contributed by atoms with Gasteiger partial charge in [-0.3, -0.25) is 4.72 Å². The van der Waals surface area contributed by atoms with Gasteiger partial charge >= 0.3 is 0 Å². The summed E-state index contributed by atoms with van der Waals surface area (Å²) in [7, 11) is -3.68. The van der Waals surface area contributed by atoms with Crippen LogP contribution in [0.4, 0.5) is 5.69 Å². The Labute approximate surface area is 127 Å². The van der Waals surface area contributed by atoms with Crippen LogP contribution in [0.5, 0.6) is 0 Å². The summed E-state index contributed by atoms with van der Waals surface area (Å²) in [5.41, 5.74) is 6.59. The summed E-state index contributed by atoms with van der Waals surface area (Å²) in [5.74, 6) is 0. The number of anilines is 1. The fraction of sp³-hybridized carbons (Fsp3) is 0.0769. The number of hydrogen-bond acceptors (Lipinski definition) is 3. The average Bonchev–Trinajstić information content (AvgIpc) is 2.43. The van der Waals surface area contributed by atoms with E-state index in [0.717, 1.165) is 5.56 Å². The first-order valence-electron chi connectivity index (χ1n) is 5.69. The zero-order valence-corrected chi connectivity index (χ0v) is 12.6. The highest BCUT2D eigenvalue weighted by atomic mass is 35.5. The zero-order chi connectivity index (χ0) is 14.8. The second-order valence-electron chi connectivity index (χ2n) is 4.09. The molecule has 106 valence electrons. The molecule has 0 amide bonds. The largest absolute Gasteiger partial charge is 0.326 e. The van der Waals surface area contributed by atoms with Gasteiger partial charge in [-0.2, -0.15) is 0 Å². The average molecular weight is 331 g/mol. The summed E-state index contributed by atoms with van der Waals surface area (Å²) in [5, 5.41) is 0.641. The van der Waals surface area contributed by atoms with Crippen LogP contribution in [-0.2, 0) is 16.6 Å². The molecule has 0 aliphatic heterocycles. The van der Waals surface area contributed by atoms with Gasteiger partial charge in [-0.1, -0.05) is 35.3 Å². The minimum absolute atomic E-state index is 0.145. The monoisotopic (exact) mass is 330 g/mol. The quantitative estimate of drug-likeness (QED) is 0.903. The molecule has 4 nitrogen and oxygen atoms in total. The van der Waals surface area contributed by atoms with E-state index in [0.29, 0.717) is 10.7 Å². The lowest BCUT2D eigenvalue weighted by atomic mass is 10.2. The normalized spacial score (nSPS) is 11.3. The summed E-state index contributed by atoms with van der Waals surface area (Å²) in [6.07, 6.45) is 0.